The zero-order valence-corrected chi connectivity index (χ0v) is 17.3. The molecule has 0 radical (unpaired) electrons. The van der Waals surface area contributed by atoms with Gasteiger partial charge in [-0.2, -0.15) is 4.80 Å². The maximum absolute atomic E-state index is 12.5. The molecule has 0 aliphatic carbocycles. The van der Waals surface area contributed by atoms with Crippen LogP contribution >= 0.6 is 0 Å². The molecule has 7 nitrogen and oxygen atoms in total. The molecule has 0 unspecified atom stereocenters. The zero-order valence-electron chi connectivity index (χ0n) is 17.3. The highest BCUT2D eigenvalue weighted by Gasteiger charge is 2.55. The Morgan fingerprint density at radius 1 is 1.03 bits per heavy atom. The Kier molecular flexibility index (Phi) is 5.01. The summed E-state index contributed by atoms with van der Waals surface area (Å²) in [6.07, 6.45) is -4.78. The van der Waals surface area contributed by atoms with E-state index in [4.69, 9.17) is 0 Å². The Labute approximate surface area is 177 Å². The number of halogens is 3. The Morgan fingerprint density at radius 3 is 2.26 bits per heavy atom. The van der Waals surface area contributed by atoms with Gasteiger partial charge in [-0.1, -0.05) is 37.3 Å². The minimum Gasteiger partial charge on any atom is -0.406 e. The second-order valence-electron chi connectivity index (χ2n) is 8.20. The van der Waals surface area contributed by atoms with Crippen molar-refractivity contribution in [3.8, 4) is 17.1 Å². The van der Waals surface area contributed by atoms with Gasteiger partial charge in [0.2, 0.25) is 5.82 Å². The maximum Gasteiger partial charge on any atom is 0.573 e. The molecule has 3 aromatic rings. The highest BCUT2D eigenvalue weighted by molar-refractivity contribution is 5.57. The lowest BCUT2D eigenvalue weighted by molar-refractivity contribution is -0.274. The monoisotopic (exact) mass is 433 g/mol. The van der Waals surface area contributed by atoms with Crippen LogP contribution in [0.3, 0.4) is 0 Å². The van der Waals surface area contributed by atoms with Crippen LogP contribution in [0.2, 0.25) is 0 Å². The first-order valence-corrected chi connectivity index (χ1v) is 9.62. The minimum absolute atomic E-state index is 0.341. The average molecular weight is 433 g/mol. The van der Waals surface area contributed by atoms with Gasteiger partial charge in [-0.3, -0.25) is 0 Å². The smallest absolute Gasteiger partial charge is 0.406 e. The highest BCUT2D eigenvalue weighted by atomic mass is 19.4. The van der Waals surface area contributed by atoms with Crippen molar-refractivity contribution in [2.75, 3.05) is 20.1 Å². The topological polar surface area (TPSA) is 76.3 Å². The van der Waals surface area contributed by atoms with Crippen LogP contribution in [0.15, 0.2) is 48.5 Å². The molecule has 1 atom stereocenters. The van der Waals surface area contributed by atoms with Crippen LogP contribution in [0.25, 0.3) is 11.4 Å². The molecule has 1 aliphatic rings. The van der Waals surface area contributed by atoms with E-state index in [1.54, 1.807) is 25.2 Å². The lowest BCUT2D eigenvalue weighted by Gasteiger charge is -2.56. The van der Waals surface area contributed by atoms with Crippen LogP contribution in [0.5, 0.6) is 5.75 Å². The first-order chi connectivity index (χ1) is 14.5. The number of hydrogen-bond donors (Lipinski definition) is 1. The van der Waals surface area contributed by atoms with Crippen molar-refractivity contribution in [2.45, 2.75) is 18.9 Å². The number of aromatic nitrogens is 4. The van der Waals surface area contributed by atoms with Crippen molar-refractivity contribution in [1.82, 2.24) is 25.1 Å². The van der Waals surface area contributed by atoms with E-state index in [9.17, 15) is 18.3 Å². The molecule has 1 N–H and O–H groups in total. The van der Waals surface area contributed by atoms with E-state index in [2.05, 4.69) is 25.0 Å². The number of aliphatic hydroxyl groups is 1. The Morgan fingerprint density at radius 2 is 1.71 bits per heavy atom. The quantitative estimate of drug-likeness (QED) is 0.667. The number of alkyl halides is 3. The van der Waals surface area contributed by atoms with E-state index in [1.807, 2.05) is 20.0 Å². The summed E-state index contributed by atoms with van der Waals surface area (Å²) in [7, 11) is 3.61. The van der Waals surface area contributed by atoms with Crippen LogP contribution in [0, 0.1) is 5.41 Å². The number of likely N-dealkylation sites (tertiary alicyclic amines) is 1. The van der Waals surface area contributed by atoms with Gasteiger partial charge in [-0.15, -0.1) is 23.4 Å². The summed E-state index contributed by atoms with van der Waals surface area (Å²) in [4.78, 5) is 3.41. The fraction of sp³-hybridized carbons (Fsp3) is 0.381. The van der Waals surface area contributed by atoms with Gasteiger partial charge in [0.1, 0.15) is 11.4 Å². The predicted octanol–water partition coefficient (Wildman–Crippen LogP) is 2.96. The number of benzene rings is 2. The van der Waals surface area contributed by atoms with E-state index in [-0.39, 0.29) is 5.75 Å². The number of rotatable bonds is 5. The molecule has 1 fully saturated rings. The van der Waals surface area contributed by atoms with Crippen LogP contribution in [0.1, 0.15) is 18.1 Å². The molecule has 4 rings (SSSR count). The van der Waals surface area contributed by atoms with E-state index in [0.29, 0.717) is 35.6 Å². The lowest BCUT2D eigenvalue weighted by Crippen LogP contribution is -2.63. The number of tetrazole rings is 1. The van der Waals surface area contributed by atoms with Crippen molar-refractivity contribution in [3.05, 3.63) is 59.7 Å². The van der Waals surface area contributed by atoms with Gasteiger partial charge in [0.25, 0.3) is 0 Å². The van der Waals surface area contributed by atoms with E-state index >= 15 is 0 Å². The van der Waals surface area contributed by atoms with Crippen LogP contribution < -0.4 is 4.74 Å². The third-order valence-electron chi connectivity index (χ3n) is 5.66. The first-order valence-electron chi connectivity index (χ1n) is 9.62. The van der Waals surface area contributed by atoms with Crippen LogP contribution in [0.4, 0.5) is 13.2 Å². The van der Waals surface area contributed by atoms with Crippen molar-refractivity contribution >= 4 is 0 Å². The maximum atomic E-state index is 12.5. The molecule has 0 spiro atoms. The fourth-order valence-electron chi connectivity index (χ4n) is 4.42. The molecule has 1 aliphatic heterocycles. The molecule has 0 bridgehead atoms. The number of aryl methyl sites for hydroxylation is 1. The Bertz CT molecular complexity index is 1080. The summed E-state index contributed by atoms with van der Waals surface area (Å²) in [5.74, 6) is 0.0727. The molecule has 0 saturated carbocycles. The predicted molar refractivity (Wildman–Crippen MR) is 106 cm³/mol. The van der Waals surface area contributed by atoms with E-state index < -0.39 is 17.4 Å². The third kappa shape index (κ3) is 3.88. The number of nitrogens with zero attached hydrogens (tertiary/aromatic N) is 5. The average Bonchev–Trinajstić information content (AvgIpc) is 3.12. The second kappa shape index (κ2) is 7.31. The normalized spacial score (nSPS) is 18.3. The summed E-state index contributed by atoms with van der Waals surface area (Å²) >= 11 is 0. The second-order valence-corrected chi connectivity index (χ2v) is 8.20. The van der Waals surface area contributed by atoms with E-state index in [0.717, 1.165) is 0 Å². The molecule has 1 saturated heterocycles. The molecule has 0 amide bonds. The van der Waals surface area contributed by atoms with Crippen molar-refractivity contribution < 1.29 is 23.0 Å². The Hall–Kier alpha value is -2.98. The van der Waals surface area contributed by atoms with Gasteiger partial charge >= 0.3 is 6.36 Å². The van der Waals surface area contributed by atoms with Gasteiger partial charge in [0.05, 0.1) is 7.05 Å². The SMILES string of the molecule is CN1CC(C)([C@@](O)(c2ccc(OC(F)(F)F)cc2)c2cccc(-c3nnn(C)n3)c2)C1. The summed E-state index contributed by atoms with van der Waals surface area (Å²) in [5, 5.41) is 24.2. The van der Waals surface area contributed by atoms with Crippen molar-refractivity contribution in [2.24, 2.45) is 12.5 Å². The zero-order chi connectivity index (χ0) is 22.4. The molecule has 2 heterocycles. The van der Waals surface area contributed by atoms with Gasteiger partial charge < -0.3 is 14.7 Å². The summed E-state index contributed by atoms with van der Waals surface area (Å²) in [5.41, 5.74) is -0.284. The largest absolute Gasteiger partial charge is 0.573 e. The fourth-order valence-corrected chi connectivity index (χ4v) is 4.42. The van der Waals surface area contributed by atoms with Gasteiger partial charge in [0.15, 0.2) is 0 Å². The molecule has 2 aromatic carbocycles. The summed E-state index contributed by atoms with van der Waals surface area (Å²) < 4.78 is 41.6. The summed E-state index contributed by atoms with van der Waals surface area (Å²) in [6, 6.07) is 12.6. The standard InChI is InChI=1S/C21H22F3N5O2/c1-19(12-28(2)13-19)20(30,15-7-9-17(10-8-15)31-21(22,23)24)16-6-4-5-14(11-16)18-25-27-29(3)26-18/h4-11,30H,12-13H2,1-3H3/t20-/m1/s1. The van der Waals surface area contributed by atoms with Crippen molar-refractivity contribution in [1.29, 1.82) is 0 Å². The molecule has 164 valence electrons. The summed E-state index contributed by atoms with van der Waals surface area (Å²) in [6.45, 7) is 3.18. The Balaban J connectivity index is 1.78. The molecule has 10 heteroatoms. The minimum atomic E-state index is -4.78. The lowest BCUT2D eigenvalue weighted by atomic mass is 9.62. The van der Waals surface area contributed by atoms with Crippen molar-refractivity contribution in [3.63, 3.8) is 0 Å². The van der Waals surface area contributed by atoms with Gasteiger partial charge in [-0.25, -0.2) is 0 Å². The third-order valence-corrected chi connectivity index (χ3v) is 5.66. The number of ether oxygens (including phenoxy) is 1. The van der Waals surface area contributed by atoms with Crippen LogP contribution in [-0.4, -0.2) is 56.7 Å². The molecular formula is C21H22F3N5O2. The highest BCUT2D eigenvalue weighted by Crippen LogP contribution is 2.50. The molecular weight excluding hydrogens is 411 g/mol. The molecule has 31 heavy (non-hydrogen) atoms. The number of hydrogen-bond acceptors (Lipinski definition) is 6. The van der Waals surface area contributed by atoms with E-state index in [1.165, 1.54) is 29.1 Å². The van der Waals surface area contributed by atoms with Crippen LogP contribution in [-0.2, 0) is 12.6 Å². The van der Waals surface area contributed by atoms with Gasteiger partial charge in [0, 0.05) is 24.1 Å². The van der Waals surface area contributed by atoms with Gasteiger partial charge in [-0.05, 0) is 41.6 Å². The first kappa shape index (κ1) is 21.3. The molecule has 1 aromatic heterocycles.